The first-order chi connectivity index (χ1) is 14.5. The van der Waals surface area contributed by atoms with Crippen LogP contribution < -0.4 is 0 Å². The lowest BCUT2D eigenvalue weighted by Gasteiger charge is -2.34. The Morgan fingerprint density at radius 2 is 2.00 bits per heavy atom. The molecular formula is C22H32ClN5O3. The van der Waals surface area contributed by atoms with Crippen LogP contribution in [0.2, 0.25) is 0 Å². The van der Waals surface area contributed by atoms with E-state index < -0.39 is 0 Å². The van der Waals surface area contributed by atoms with Crippen LogP contribution in [0.25, 0.3) is 5.69 Å². The number of hydrogen-bond donors (Lipinski definition) is 0. The molecule has 0 bridgehead atoms. The van der Waals surface area contributed by atoms with Gasteiger partial charge < -0.3 is 14.4 Å². The maximum atomic E-state index is 13.1. The lowest BCUT2D eigenvalue weighted by atomic mass is 9.97. The average Bonchev–Trinajstić information content (AvgIpc) is 3.11. The van der Waals surface area contributed by atoms with Crippen molar-refractivity contribution in [2.45, 2.75) is 45.9 Å². The number of fused-ring (bicyclic) bond motifs is 1. The molecule has 170 valence electrons. The van der Waals surface area contributed by atoms with Gasteiger partial charge in [-0.25, -0.2) is 4.68 Å². The van der Waals surface area contributed by atoms with Gasteiger partial charge in [0.05, 0.1) is 30.2 Å². The van der Waals surface area contributed by atoms with Crippen molar-refractivity contribution < 1.29 is 14.3 Å². The van der Waals surface area contributed by atoms with Crippen molar-refractivity contribution >= 4 is 18.3 Å². The summed E-state index contributed by atoms with van der Waals surface area (Å²) in [5.41, 5.74) is 4.81. The fraction of sp³-hybridized carbons (Fsp3) is 0.591. The van der Waals surface area contributed by atoms with Gasteiger partial charge in [-0.2, -0.15) is 0 Å². The molecule has 0 spiro atoms. The number of benzene rings is 1. The number of rotatable bonds is 5. The van der Waals surface area contributed by atoms with Gasteiger partial charge in [-0.3, -0.25) is 9.69 Å². The molecule has 2 aliphatic heterocycles. The molecule has 1 saturated heterocycles. The van der Waals surface area contributed by atoms with Crippen LogP contribution in [0.4, 0.5) is 0 Å². The van der Waals surface area contributed by atoms with E-state index >= 15 is 0 Å². The molecule has 8 nitrogen and oxygen atoms in total. The molecule has 0 aliphatic carbocycles. The largest absolute Gasteiger partial charge is 0.383 e. The van der Waals surface area contributed by atoms with E-state index in [-0.39, 0.29) is 30.5 Å². The molecule has 31 heavy (non-hydrogen) atoms. The molecule has 1 amide bonds. The fourth-order valence-corrected chi connectivity index (χ4v) is 4.51. The van der Waals surface area contributed by atoms with E-state index in [9.17, 15) is 4.79 Å². The summed E-state index contributed by atoms with van der Waals surface area (Å²) in [6.07, 6.45) is 0.988. The second-order valence-electron chi connectivity index (χ2n) is 8.34. The number of nitrogens with zero attached hydrogens (tertiary/aromatic N) is 5. The van der Waals surface area contributed by atoms with Crippen molar-refractivity contribution in [3.05, 3.63) is 40.7 Å². The molecule has 2 aromatic rings. The van der Waals surface area contributed by atoms with Crippen molar-refractivity contribution in [2.24, 2.45) is 0 Å². The molecular weight excluding hydrogens is 418 g/mol. The van der Waals surface area contributed by atoms with Gasteiger partial charge in [0.25, 0.3) is 5.91 Å². The second kappa shape index (κ2) is 10.1. The van der Waals surface area contributed by atoms with E-state index in [2.05, 4.69) is 33.4 Å². The molecule has 0 radical (unpaired) electrons. The summed E-state index contributed by atoms with van der Waals surface area (Å²) in [6, 6.07) is 6.30. The van der Waals surface area contributed by atoms with Crippen molar-refractivity contribution in [2.75, 3.05) is 39.9 Å². The van der Waals surface area contributed by atoms with E-state index in [1.807, 2.05) is 30.4 Å². The zero-order valence-electron chi connectivity index (χ0n) is 18.7. The third-order valence-electron chi connectivity index (χ3n) is 5.96. The van der Waals surface area contributed by atoms with Gasteiger partial charge in [0, 0.05) is 39.8 Å². The molecule has 2 unspecified atom stereocenters. The van der Waals surface area contributed by atoms with Crippen LogP contribution >= 0.6 is 12.4 Å². The highest BCUT2D eigenvalue weighted by Crippen LogP contribution is 2.26. The zero-order chi connectivity index (χ0) is 21.3. The van der Waals surface area contributed by atoms with Crippen LogP contribution in [0.3, 0.4) is 0 Å². The summed E-state index contributed by atoms with van der Waals surface area (Å²) in [5, 5.41) is 8.65. The van der Waals surface area contributed by atoms with E-state index in [4.69, 9.17) is 9.47 Å². The van der Waals surface area contributed by atoms with Crippen molar-refractivity contribution in [3.8, 4) is 5.69 Å². The SMILES string of the molecule is COCCN1CCc2c(cccc2-n2nnc(C(=O)N3CC(C)OC(C)C3)c2C)C1.Cl. The Balaban J connectivity index is 0.00000272. The summed E-state index contributed by atoms with van der Waals surface area (Å²) in [4.78, 5) is 17.4. The Bertz CT molecular complexity index is 909. The number of morpholine rings is 1. The molecule has 0 N–H and O–H groups in total. The monoisotopic (exact) mass is 449 g/mol. The number of methoxy groups -OCH3 is 1. The van der Waals surface area contributed by atoms with E-state index in [0.717, 1.165) is 44.0 Å². The topological polar surface area (TPSA) is 72.7 Å². The number of halogens is 1. The van der Waals surface area contributed by atoms with Crippen LogP contribution in [0.15, 0.2) is 18.2 Å². The Labute approximate surface area is 189 Å². The van der Waals surface area contributed by atoms with Gasteiger partial charge in [-0.1, -0.05) is 17.3 Å². The van der Waals surface area contributed by atoms with Gasteiger partial charge in [0.15, 0.2) is 5.69 Å². The van der Waals surface area contributed by atoms with Gasteiger partial charge in [-0.05, 0) is 44.4 Å². The molecule has 3 heterocycles. The number of aromatic nitrogens is 3. The van der Waals surface area contributed by atoms with Gasteiger partial charge in [0.1, 0.15) is 0 Å². The summed E-state index contributed by atoms with van der Waals surface area (Å²) >= 11 is 0. The standard InChI is InChI=1S/C22H31N5O3.ClH/c1-15-12-26(13-16(2)30-15)22(28)21-17(3)27(24-23-21)20-7-5-6-18-14-25(10-11-29-4)9-8-19(18)20;/h5-7,15-16H,8-14H2,1-4H3;1H. The molecule has 2 aliphatic rings. The predicted molar refractivity (Wildman–Crippen MR) is 120 cm³/mol. The second-order valence-corrected chi connectivity index (χ2v) is 8.34. The van der Waals surface area contributed by atoms with Crippen LogP contribution in [-0.2, 0) is 22.4 Å². The van der Waals surface area contributed by atoms with Crippen molar-refractivity contribution in [1.82, 2.24) is 24.8 Å². The molecule has 1 aromatic heterocycles. The minimum Gasteiger partial charge on any atom is -0.383 e. The van der Waals surface area contributed by atoms with Crippen LogP contribution in [-0.4, -0.2) is 82.8 Å². The predicted octanol–water partition coefficient (Wildman–Crippen LogP) is 2.25. The number of carbonyl (C=O) groups excluding carboxylic acids is 1. The Morgan fingerprint density at radius 1 is 1.26 bits per heavy atom. The summed E-state index contributed by atoms with van der Waals surface area (Å²) in [5.74, 6) is -0.0729. The minimum atomic E-state index is -0.0729. The number of carbonyl (C=O) groups is 1. The molecule has 1 aromatic carbocycles. The maximum Gasteiger partial charge on any atom is 0.276 e. The highest BCUT2D eigenvalue weighted by Gasteiger charge is 2.30. The third kappa shape index (κ3) is 4.92. The first-order valence-electron chi connectivity index (χ1n) is 10.7. The Kier molecular flexibility index (Phi) is 7.69. The maximum absolute atomic E-state index is 13.1. The Morgan fingerprint density at radius 3 is 2.71 bits per heavy atom. The summed E-state index contributed by atoms with van der Waals surface area (Å²) in [7, 11) is 1.74. The quantitative estimate of drug-likeness (QED) is 0.697. The van der Waals surface area contributed by atoms with Crippen LogP contribution in [0.5, 0.6) is 0 Å². The molecule has 4 rings (SSSR count). The summed E-state index contributed by atoms with van der Waals surface area (Å²) < 4.78 is 12.8. The van der Waals surface area contributed by atoms with E-state index in [0.29, 0.717) is 18.8 Å². The normalized spacial score (nSPS) is 21.5. The fourth-order valence-electron chi connectivity index (χ4n) is 4.51. The van der Waals surface area contributed by atoms with Crippen molar-refractivity contribution in [1.29, 1.82) is 0 Å². The summed E-state index contributed by atoms with van der Waals surface area (Å²) in [6.45, 7) is 10.6. The highest BCUT2D eigenvalue weighted by atomic mass is 35.5. The first kappa shape index (κ1) is 23.7. The zero-order valence-corrected chi connectivity index (χ0v) is 19.5. The average molecular weight is 450 g/mol. The van der Waals surface area contributed by atoms with E-state index in [1.165, 1.54) is 11.1 Å². The smallest absolute Gasteiger partial charge is 0.276 e. The lowest BCUT2D eigenvalue weighted by molar-refractivity contribution is -0.0587. The van der Waals surface area contributed by atoms with E-state index in [1.54, 1.807) is 7.11 Å². The van der Waals surface area contributed by atoms with Crippen molar-refractivity contribution in [3.63, 3.8) is 0 Å². The molecule has 0 saturated carbocycles. The molecule has 1 fully saturated rings. The molecule has 2 atom stereocenters. The Hall–Kier alpha value is -2.00. The first-order valence-corrected chi connectivity index (χ1v) is 10.7. The van der Waals surface area contributed by atoms with Crippen LogP contribution in [0, 0.1) is 6.92 Å². The van der Waals surface area contributed by atoms with Gasteiger partial charge in [-0.15, -0.1) is 17.5 Å². The van der Waals surface area contributed by atoms with Gasteiger partial charge >= 0.3 is 0 Å². The minimum absolute atomic E-state index is 0. The number of hydrogen-bond acceptors (Lipinski definition) is 6. The number of amides is 1. The van der Waals surface area contributed by atoms with Crippen LogP contribution in [0.1, 0.15) is 41.2 Å². The van der Waals surface area contributed by atoms with Gasteiger partial charge in [0.2, 0.25) is 0 Å². The molecule has 9 heteroatoms. The third-order valence-corrected chi connectivity index (χ3v) is 5.96. The highest BCUT2D eigenvalue weighted by molar-refractivity contribution is 5.93. The lowest BCUT2D eigenvalue weighted by Crippen LogP contribution is -2.48. The number of ether oxygens (including phenoxy) is 2.